The molecule has 3 aromatic heterocycles. The van der Waals surface area contributed by atoms with Crippen LogP contribution in [0.3, 0.4) is 0 Å². The van der Waals surface area contributed by atoms with Crippen LogP contribution >= 0.6 is 0 Å². The third-order valence-electron chi connectivity index (χ3n) is 6.63. The number of hydrogen-bond acceptors (Lipinski definition) is 6. The number of anilines is 2. The first-order valence-electron chi connectivity index (χ1n) is 11.7. The Balaban J connectivity index is 1.65. The van der Waals surface area contributed by atoms with Gasteiger partial charge in [-0.2, -0.15) is 0 Å². The molecule has 8 nitrogen and oxygen atoms in total. The zero-order chi connectivity index (χ0) is 24.8. The number of nitrogens with zero attached hydrogens (tertiary/aromatic N) is 2. The molecule has 4 aromatic rings. The monoisotopic (exact) mass is 485 g/mol. The number of amides is 1. The Morgan fingerprint density at radius 3 is 3.00 bits per heavy atom. The normalized spacial score (nSPS) is 17.4. The van der Waals surface area contributed by atoms with E-state index in [2.05, 4.69) is 26.7 Å². The number of nitrogens with one attached hydrogen (secondary N) is 3. The van der Waals surface area contributed by atoms with E-state index in [9.17, 15) is 9.18 Å². The first-order valence-corrected chi connectivity index (χ1v) is 11.7. The van der Waals surface area contributed by atoms with E-state index in [-0.39, 0.29) is 17.6 Å². The highest BCUT2D eigenvalue weighted by molar-refractivity contribution is 6.08. The maximum Gasteiger partial charge on any atom is 0.255 e. The fraction of sp³-hybridized carbons (Fsp3) is 0.222. The summed E-state index contributed by atoms with van der Waals surface area (Å²) in [6.45, 7) is 2.82. The van der Waals surface area contributed by atoms with Gasteiger partial charge in [-0.1, -0.05) is 18.2 Å². The summed E-state index contributed by atoms with van der Waals surface area (Å²) in [7, 11) is 1.41. The average Bonchev–Trinajstić information content (AvgIpc) is 3.25. The molecule has 0 unspecified atom stereocenters. The number of ether oxygens (including phenoxy) is 2. The summed E-state index contributed by atoms with van der Waals surface area (Å²) in [5, 5.41) is 6.30. The van der Waals surface area contributed by atoms with E-state index in [1.165, 1.54) is 13.2 Å². The predicted octanol–water partition coefficient (Wildman–Crippen LogP) is 4.99. The van der Waals surface area contributed by atoms with Crippen LogP contribution in [0.25, 0.3) is 22.3 Å². The van der Waals surface area contributed by atoms with Gasteiger partial charge in [0.1, 0.15) is 12.1 Å². The Morgan fingerprint density at radius 1 is 1.25 bits per heavy atom. The topological polar surface area (TPSA) is 101 Å². The van der Waals surface area contributed by atoms with Crippen LogP contribution in [-0.4, -0.2) is 41.1 Å². The highest BCUT2D eigenvalue weighted by atomic mass is 19.1. The lowest BCUT2D eigenvalue weighted by Gasteiger charge is -2.23. The molecular formula is C27H24FN5O3. The zero-order valence-corrected chi connectivity index (χ0v) is 19.8. The summed E-state index contributed by atoms with van der Waals surface area (Å²) in [5.41, 5.74) is 5.85. The molecule has 2 aliphatic heterocycles. The van der Waals surface area contributed by atoms with E-state index >= 15 is 0 Å². The number of aromatic amines is 1. The van der Waals surface area contributed by atoms with Gasteiger partial charge in [0, 0.05) is 35.5 Å². The lowest BCUT2D eigenvalue weighted by molar-refractivity contribution is 0.0941. The molecule has 0 saturated carbocycles. The molecule has 182 valence electrons. The number of benzene rings is 1. The van der Waals surface area contributed by atoms with Gasteiger partial charge >= 0.3 is 0 Å². The Labute approximate surface area is 206 Å². The molecule has 3 N–H and O–H groups in total. The van der Waals surface area contributed by atoms with Crippen molar-refractivity contribution in [2.45, 2.75) is 19.3 Å². The Morgan fingerprint density at radius 2 is 2.14 bits per heavy atom. The second kappa shape index (κ2) is 8.67. The quantitative estimate of drug-likeness (QED) is 0.354. The number of fused-ring (bicyclic) bond motifs is 3. The molecule has 0 saturated heterocycles. The van der Waals surface area contributed by atoms with Crippen LogP contribution in [0.5, 0.6) is 11.6 Å². The summed E-state index contributed by atoms with van der Waals surface area (Å²) in [4.78, 5) is 26.1. The van der Waals surface area contributed by atoms with Gasteiger partial charge in [-0.25, -0.2) is 9.37 Å². The number of methoxy groups -OCH3 is 1. The van der Waals surface area contributed by atoms with Crippen LogP contribution < -0.4 is 20.1 Å². The highest BCUT2D eigenvalue weighted by Gasteiger charge is 2.33. The molecule has 5 heterocycles. The maximum absolute atomic E-state index is 14.5. The molecule has 1 amide bonds. The third kappa shape index (κ3) is 3.55. The minimum Gasteiger partial charge on any atom is -0.492 e. The van der Waals surface area contributed by atoms with Gasteiger partial charge in [-0.05, 0) is 37.6 Å². The van der Waals surface area contributed by atoms with Crippen LogP contribution in [0.2, 0.25) is 0 Å². The van der Waals surface area contributed by atoms with Crippen molar-refractivity contribution < 1.29 is 18.7 Å². The molecule has 1 atom stereocenters. The van der Waals surface area contributed by atoms with E-state index < -0.39 is 5.82 Å². The van der Waals surface area contributed by atoms with Crippen molar-refractivity contribution in [1.29, 1.82) is 0 Å². The Bertz CT molecular complexity index is 1540. The number of H-pyrrole nitrogens is 1. The Hall–Kier alpha value is -4.40. The van der Waals surface area contributed by atoms with E-state index in [1.54, 1.807) is 18.3 Å². The van der Waals surface area contributed by atoms with Crippen LogP contribution in [0.15, 0.2) is 48.7 Å². The summed E-state index contributed by atoms with van der Waals surface area (Å²) >= 11 is 0. The van der Waals surface area contributed by atoms with Gasteiger partial charge in [0.15, 0.2) is 11.6 Å². The number of aryl methyl sites for hydroxylation is 1. The van der Waals surface area contributed by atoms with Crippen molar-refractivity contribution in [3.63, 3.8) is 0 Å². The van der Waals surface area contributed by atoms with Crippen molar-refractivity contribution in [2.24, 2.45) is 0 Å². The second-order valence-corrected chi connectivity index (χ2v) is 8.87. The number of halogens is 1. The molecule has 0 spiro atoms. The first-order chi connectivity index (χ1) is 17.5. The van der Waals surface area contributed by atoms with Crippen LogP contribution in [0.1, 0.15) is 34.0 Å². The van der Waals surface area contributed by atoms with Crippen molar-refractivity contribution in [3.8, 4) is 22.9 Å². The van der Waals surface area contributed by atoms with Gasteiger partial charge in [0.25, 0.3) is 5.91 Å². The molecule has 4 bridgehead atoms. The molecule has 9 heteroatoms. The number of pyridine rings is 2. The fourth-order valence-corrected chi connectivity index (χ4v) is 4.90. The minimum absolute atomic E-state index is 0.0218. The van der Waals surface area contributed by atoms with E-state index in [1.807, 2.05) is 25.1 Å². The third-order valence-corrected chi connectivity index (χ3v) is 6.63. The second-order valence-electron chi connectivity index (χ2n) is 8.87. The minimum atomic E-state index is -0.503. The SMILES string of the molecule is COc1c(F)cccc1Nc1c2[nH]c3c1C(=O)NC[C@@H]3C/C=C\COc1nc3c-2ccnc3cc1C. The molecule has 0 radical (unpaired) electrons. The van der Waals surface area contributed by atoms with Gasteiger partial charge < -0.3 is 25.1 Å². The largest absolute Gasteiger partial charge is 0.492 e. The summed E-state index contributed by atoms with van der Waals surface area (Å²) < 4.78 is 25.8. The standard InChI is InChI=1S/C27H24FN5O3/c1-14-12-19-22-16(9-10-29-19)23-24(31-18-8-5-7-17(28)25(18)35-2)20-21(32-23)15(13-30-26(20)34)6-3-4-11-36-27(14)33-22/h3-5,7-10,12,15,31-32H,6,11,13H2,1-2H3,(H,30,34)/b4-3-/t15-/m0/s1. The van der Waals surface area contributed by atoms with Crippen molar-refractivity contribution in [1.82, 2.24) is 20.3 Å². The zero-order valence-electron chi connectivity index (χ0n) is 19.8. The van der Waals surface area contributed by atoms with Gasteiger partial charge in [-0.15, -0.1) is 0 Å². The number of hydrogen-bond donors (Lipinski definition) is 3. The van der Waals surface area contributed by atoms with E-state index in [0.29, 0.717) is 59.1 Å². The van der Waals surface area contributed by atoms with Crippen LogP contribution in [0.4, 0.5) is 15.8 Å². The van der Waals surface area contributed by atoms with Crippen LogP contribution in [0, 0.1) is 12.7 Å². The molecular weight excluding hydrogens is 461 g/mol. The summed E-state index contributed by atoms with van der Waals surface area (Å²) in [5.74, 6) is -0.100. The predicted molar refractivity (Wildman–Crippen MR) is 135 cm³/mol. The van der Waals surface area contributed by atoms with Gasteiger partial charge in [0.05, 0.1) is 35.3 Å². The Kier molecular flexibility index (Phi) is 5.32. The number of para-hydroxylation sites is 1. The summed E-state index contributed by atoms with van der Waals surface area (Å²) in [6, 6.07) is 8.42. The van der Waals surface area contributed by atoms with E-state index in [4.69, 9.17) is 14.5 Å². The van der Waals surface area contributed by atoms with Gasteiger partial charge in [-0.3, -0.25) is 9.78 Å². The molecule has 0 fully saturated rings. The average molecular weight is 486 g/mol. The number of carbonyl (C=O) groups is 1. The molecule has 0 aliphatic carbocycles. The number of rotatable bonds is 3. The maximum atomic E-state index is 14.5. The first kappa shape index (κ1) is 22.1. The molecule has 36 heavy (non-hydrogen) atoms. The van der Waals surface area contributed by atoms with Crippen molar-refractivity contribution in [2.75, 3.05) is 25.6 Å². The van der Waals surface area contributed by atoms with Crippen LogP contribution in [-0.2, 0) is 0 Å². The summed E-state index contributed by atoms with van der Waals surface area (Å²) in [6.07, 6.45) is 6.43. The highest BCUT2D eigenvalue weighted by Crippen LogP contribution is 2.43. The number of carbonyl (C=O) groups excluding carboxylic acids is 1. The number of allylic oxidation sites excluding steroid dienone is 1. The smallest absolute Gasteiger partial charge is 0.255 e. The molecule has 2 aliphatic rings. The fourth-order valence-electron chi connectivity index (χ4n) is 4.90. The van der Waals surface area contributed by atoms with Gasteiger partial charge in [0.2, 0.25) is 5.88 Å². The molecule has 1 aromatic carbocycles. The lowest BCUT2D eigenvalue weighted by atomic mass is 9.93. The number of aromatic nitrogens is 3. The van der Waals surface area contributed by atoms with Crippen molar-refractivity contribution >= 4 is 28.3 Å². The van der Waals surface area contributed by atoms with Crippen molar-refractivity contribution in [3.05, 3.63) is 71.3 Å². The lowest BCUT2D eigenvalue weighted by Crippen LogP contribution is -2.34. The van der Waals surface area contributed by atoms with E-state index in [0.717, 1.165) is 16.8 Å². The molecule has 6 rings (SSSR count).